The average Bonchev–Trinajstić information content (AvgIpc) is 3.48. The van der Waals surface area contributed by atoms with E-state index in [4.69, 9.17) is 4.98 Å². The van der Waals surface area contributed by atoms with Gasteiger partial charge in [-0.2, -0.15) is 5.10 Å². The largest absolute Gasteiger partial charge is 0.337 e. The lowest BCUT2D eigenvalue weighted by atomic mass is 9.86. The third kappa shape index (κ3) is 3.49. The van der Waals surface area contributed by atoms with Gasteiger partial charge in [0.25, 0.3) is 0 Å². The standard InChI is InChI=1S/C25H24N6O2/c1-4-31-20-13-18-17(12-16(20)25(2,3)24(31)33)28-23(29-18)22-19(14-26-30-22)27-21(32)11-10-15-8-6-5-7-9-15/h5-14H,4H2,1-3H3,(H,26,30)(H,27,32)(H,28,29). The molecule has 0 fully saturated rings. The molecule has 3 N–H and O–H groups in total. The van der Waals surface area contributed by atoms with Crippen molar-refractivity contribution in [2.24, 2.45) is 0 Å². The van der Waals surface area contributed by atoms with Gasteiger partial charge in [0.1, 0.15) is 5.69 Å². The van der Waals surface area contributed by atoms with Gasteiger partial charge in [-0.25, -0.2) is 4.98 Å². The Balaban J connectivity index is 1.45. The molecular formula is C25H24N6O2. The second-order valence-corrected chi connectivity index (χ2v) is 8.54. The molecule has 2 aromatic carbocycles. The summed E-state index contributed by atoms with van der Waals surface area (Å²) in [5, 5.41) is 9.85. The minimum Gasteiger partial charge on any atom is -0.337 e. The number of likely N-dealkylation sites (N-methyl/N-ethyl adjacent to an activating group) is 1. The van der Waals surface area contributed by atoms with E-state index in [0.717, 1.165) is 27.8 Å². The number of fused-ring (bicyclic) bond motifs is 2. The fourth-order valence-corrected chi connectivity index (χ4v) is 4.24. The molecule has 8 nitrogen and oxygen atoms in total. The van der Waals surface area contributed by atoms with Crippen molar-refractivity contribution in [3.63, 3.8) is 0 Å². The molecule has 0 atom stereocenters. The summed E-state index contributed by atoms with van der Waals surface area (Å²) in [7, 11) is 0. The second kappa shape index (κ2) is 7.74. The highest BCUT2D eigenvalue weighted by atomic mass is 16.2. The molecule has 0 aliphatic carbocycles. The molecule has 0 saturated heterocycles. The number of anilines is 2. The Labute approximate surface area is 190 Å². The van der Waals surface area contributed by atoms with Crippen LogP contribution in [-0.2, 0) is 15.0 Å². The van der Waals surface area contributed by atoms with Crippen LogP contribution >= 0.6 is 0 Å². The summed E-state index contributed by atoms with van der Waals surface area (Å²) in [6, 6.07) is 13.5. The number of carbonyl (C=O) groups excluding carboxylic acids is 2. The second-order valence-electron chi connectivity index (χ2n) is 8.54. The average molecular weight is 441 g/mol. The van der Waals surface area contributed by atoms with Crippen molar-refractivity contribution in [3.05, 3.63) is 65.9 Å². The van der Waals surface area contributed by atoms with Crippen LogP contribution in [0, 0.1) is 0 Å². The summed E-state index contributed by atoms with van der Waals surface area (Å²) in [6.07, 6.45) is 4.78. The number of aromatic amines is 2. The van der Waals surface area contributed by atoms with Gasteiger partial charge in [0, 0.05) is 12.6 Å². The van der Waals surface area contributed by atoms with Crippen LogP contribution in [0.2, 0.25) is 0 Å². The number of aromatic nitrogens is 4. The van der Waals surface area contributed by atoms with Gasteiger partial charge in [0.05, 0.1) is 34.0 Å². The zero-order chi connectivity index (χ0) is 23.2. The van der Waals surface area contributed by atoms with Gasteiger partial charge < -0.3 is 15.2 Å². The van der Waals surface area contributed by atoms with Crippen molar-refractivity contribution in [2.45, 2.75) is 26.2 Å². The predicted octanol–water partition coefficient (Wildman–Crippen LogP) is 4.25. The Kier molecular flexibility index (Phi) is 4.85. The minimum absolute atomic E-state index is 0.0926. The Morgan fingerprint density at radius 3 is 2.76 bits per heavy atom. The van der Waals surface area contributed by atoms with Crippen molar-refractivity contribution in [1.82, 2.24) is 20.2 Å². The van der Waals surface area contributed by atoms with E-state index < -0.39 is 5.41 Å². The van der Waals surface area contributed by atoms with E-state index in [2.05, 4.69) is 20.5 Å². The molecule has 0 radical (unpaired) electrons. The molecular weight excluding hydrogens is 416 g/mol. The van der Waals surface area contributed by atoms with Crippen LogP contribution in [0.4, 0.5) is 11.4 Å². The Hall–Kier alpha value is -4.20. The van der Waals surface area contributed by atoms with Crippen molar-refractivity contribution < 1.29 is 9.59 Å². The number of H-pyrrole nitrogens is 2. The van der Waals surface area contributed by atoms with Crippen LogP contribution in [0.3, 0.4) is 0 Å². The topological polar surface area (TPSA) is 107 Å². The first-order chi connectivity index (χ1) is 15.9. The highest BCUT2D eigenvalue weighted by Crippen LogP contribution is 2.43. The monoisotopic (exact) mass is 440 g/mol. The van der Waals surface area contributed by atoms with Crippen molar-refractivity contribution in [3.8, 4) is 11.5 Å². The fourth-order valence-electron chi connectivity index (χ4n) is 4.24. The molecule has 166 valence electrons. The van der Waals surface area contributed by atoms with Gasteiger partial charge in [-0.1, -0.05) is 30.3 Å². The predicted molar refractivity (Wildman–Crippen MR) is 129 cm³/mol. The number of amides is 2. The lowest BCUT2D eigenvalue weighted by molar-refractivity contribution is -0.122. The molecule has 0 spiro atoms. The third-order valence-electron chi connectivity index (χ3n) is 6.02. The van der Waals surface area contributed by atoms with E-state index in [0.29, 0.717) is 23.8 Å². The van der Waals surface area contributed by atoms with Gasteiger partial charge in [0.2, 0.25) is 11.8 Å². The first-order valence-electron chi connectivity index (χ1n) is 10.8. The Bertz CT molecular complexity index is 1400. The molecule has 2 amide bonds. The number of imidazole rings is 1. The third-order valence-corrected chi connectivity index (χ3v) is 6.02. The van der Waals surface area contributed by atoms with Crippen molar-refractivity contribution in [2.75, 3.05) is 16.8 Å². The number of hydrogen-bond acceptors (Lipinski definition) is 4. The lowest BCUT2D eigenvalue weighted by Gasteiger charge is -2.18. The van der Waals surface area contributed by atoms with E-state index in [1.807, 2.05) is 63.2 Å². The van der Waals surface area contributed by atoms with Gasteiger partial charge in [0.15, 0.2) is 5.82 Å². The minimum atomic E-state index is -0.594. The van der Waals surface area contributed by atoms with E-state index in [-0.39, 0.29) is 11.8 Å². The number of carbonyl (C=O) groups is 2. The molecule has 1 aliphatic rings. The van der Waals surface area contributed by atoms with Crippen LogP contribution in [0.25, 0.3) is 28.6 Å². The van der Waals surface area contributed by atoms with Gasteiger partial charge >= 0.3 is 0 Å². The van der Waals surface area contributed by atoms with Crippen LogP contribution < -0.4 is 10.2 Å². The summed E-state index contributed by atoms with van der Waals surface area (Å²) in [5.41, 5.74) is 4.87. The first-order valence-corrected chi connectivity index (χ1v) is 10.8. The SMILES string of the molecule is CCN1C(=O)C(C)(C)c2cc3[nH]c(-c4[nH]ncc4NC(=O)C=Cc4ccccc4)nc3cc21. The van der Waals surface area contributed by atoms with Crippen molar-refractivity contribution >= 4 is 40.3 Å². The molecule has 0 bridgehead atoms. The van der Waals surface area contributed by atoms with Crippen LogP contribution in [0.15, 0.2) is 54.7 Å². The summed E-state index contributed by atoms with van der Waals surface area (Å²) in [4.78, 5) is 35.0. The van der Waals surface area contributed by atoms with Gasteiger partial charge in [-0.3, -0.25) is 14.7 Å². The quantitative estimate of drug-likeness (QED) is 0.403. The summed E-state index contributed by atoms with van der Waals surface area (Å²) in [6.45, 7) is 6.46. The van der Waals surface area contributed by atoms with E-state index in [1.54, 1.807) is 17.2 Å². The highest BCUT2D eigenvalue weighted by molar-refractivity contribution is 6.09. The van der Waals surface area contributed by atoms with Gasteiger partial charge in [-0.05, 0) is 50.1 Å². The molecule has 1 aliphatic heterocycles. The van der Waals surface area contributed by atoms with Crippen LogP contribution in [0.5, 0.6) is 0 Å². The zero-order valence-electron chi connectivity index (χ0n) is 18.6. The molecule has 8 heteroatoms. The maximum absolute atomic E-state index is 12.8. The number of hydrogen-bond donors (Lipinski definition) is 3. The Morgan fingerprint density at radius 1 is 1.21 bits per heavy atom. The van der Waals surface area contributed by atoms with Crippen LogP contribution in [0.1, 0.15) is 31.9 Å². The van der Waals surface area contributed by atoms with Crippen molar-refractivity contribution in [1.29, 1.82) is 0 Å². The van der Waals surface area contributed by atoms with Gasteiger partial charge in [-0.15, -0.1) is 0 Å². The van der Waals surface area contributed by atoms with E-state index in [9.17, 15) is 9.59 Å². The fraction of sp³-hybridized carbons (Fsp3) is 0.200. The van der Waals surface area contributed by atoms with Crippen LogP contribution in [-0.4, -0.2) is 38.5 Å². The maximum Gasteiger partial charge on any atom is 0.248 e. The molecule has 4 aromatic rings. The number of rotatable bonds is 5. The number of nitrogens with one attached hydrogen (secondary N) is 3. The smallest absolute Gasteiger partial charge is 0.248 e. The summed E-state index contributed by atoms with van der Waals surface area (Å²) >= 11 is 0. The normalized spacial score (nSPS) is 14.9. The zero-order valence-corrected chi connectivity index (χ0v) is 18.6. The maximum atomic E-state index is 12.8. The summed E-state index contributed by atoms with van der Waals surface area (Å²) < 4.78 is 0. The first kappa shape index (κ1) is 20.7. The van der Waals surface area contributed by atoms with E-state index >= 15 is 0 Å². The van der Waals surface area contributed by atoms with E-state index in [1.165, 1.54) is 6.08 Å². The lowest BCUT2D eigenvalue weighted by Crippen LogP contribution is -2.35. The molecule has 2 aromatic heterocycles. The number of benzene rings is 2. The Morgan fingerprint density at radius 2 is 2.00 bits per heavy atom. The molecule has 5 rings (SSSR count). The molecule has 33 heavy (non-hydrogen) atoms. The molecule has 0 unspecified atom stereocenters. The highest BCUT2D eigenvalue weighted by Gasteiger charge is 2.43. The molecule has 0 saturated carbocycles. The summed E-state index contributed by atoms with van der Waals surface area (Å²) in [5.74, 6) is 0.381. The molecule has 3 heterocycles. The number of nitrogens with zero attached hydrogens (tertiary/aromatic N) is 3.